The Hall–Kier alpha value is -1.96. The van der Waals surface area contributed by atoms with E-state index in [2.05, 4.69) is 21.2 Å². The van der Waals surface area contributed by atoms with Crippen LogP contribution in [-0.2, 0) is 14.8 Å². The maximum atomic E-state index is 12.6. The third kappa shape index (κ3) is 4.41. The molecule has 26 heavy (non-hydrogen) atoms. The molecule has 0 aliphatic carbocycles. The van der Waals surface area contributed by atoms with Gasteiger partial charge in [-0.3, -0.25) is 4.79 Å². The summed E-state index contributed by atoms with van der Waals surface area (Å²) in [5, 5.41) is 2.71. The molecule has 2 aromatic carbocycles. The zero-order valence-corrected chi connectivity index (χ0v) is 16.5. The topological polar surface area (TPSA) is 66.5 Å². The Labute approximate surface area is 161 Å². The fourth-order valence-corrected chi connectivity index (χ4v) is 4.75. The number of halogens is 1. The number of sulfonamides is 1. The van der Waals surface area contributed by atoms with Gasteiger partial charge in [0.1, 0.15) is 0 Å². The minimum Gasteiger partial charge on any atom is -0.322 e. The second kappa shape index (κ2) is 8.16. The van der Waals surface area contributed by atoms with Gasteiger partial charge in [0.15, 0.2) is 0 Å². The highest BCUT2D eigenvalue weighted by Crippen LogP contribution is 2.23. The molecule has 0 atom stereocenters. The SMILES string of the molecule is O=C(C=Cc1ccccc1Br)Nc1cccc(S(=O)(=O)N2CCCC2)c1. The van der Waals surface area contributed by atoms with Crippen LogP contribution in [0.3, 0.4) is 0 Å². The van der Waals surface area contributed by atoms with Crippen molar-refractivity contribution in [1.82, 2.24) is 4.31 Å². The molecule has 0 spiro atoms. The Kier molecular flexibility index (Phi) is 5.90. The molecule has 1 fully saturated rings. The van der Waals surface area contributed by atoms with Crippen LogP contribution < -0.4 is 5.32 Å². The first-order valence-electron chi connectivity index (χ1n) is 8.30. The van der Waals surface area contributed by atoms with Crippen molar-refractivity contribution in [2.45, 2.75) is 17.7 Å². The molecule has 1 N–H and O–H groups in total. The number of nitrogens with zero attached hydrogens (tertiary/aromatic N) is 1. The lowest BCUT2D eigenvalue weighted by Crippen LogP contribution is -2.27. The van der Waals surface area contributed by atoms with Crippen molar-refractivity contribution < 1.29 is 13.2 Å². The van der Waals surface area contributed by atoms with Crippen molar-refractivity contribution in [2.75, 3.05) is 18.4 Å². The molecule has 1 aliphatic rings. The quantitative estimate of drug-likeness (QED) is 0.725. The number of carbonyl (C=O) groups excluding carboxylic acids is 1. The fourth-order valence-electron chi connectivity index (χ4n) is 2.77. The van der Waals surface area contributed by atoms with Crippen LogP contribution in [0.2, 0.25) is 0 Å². The van der Waals surface area contributed by atoms with Gasteiger partial charge in [0, 0.05) is 29.3 Å². The average Bonchev–Trinajstić information content (AvgIpc) is 3.17. The third-order valence-corrected chi connectivity index (χ3v) is 6.74. The molecule has 0 saturated carbocycles. The normalized spacial score (nSPS) is 15.4. The van der Waals surface area contributed by atoms with Crippen LogP contribution in [0.4, 0.5) is 5.69 Å². The van der Waals surface area contributed by atoms with E-state index in [1.807, 2.05) is 24.3 Å². The molecule has 1 aliphatic heterocycles. The Bertz CT molecular complexity index is 935. The van der Waals surface area contributed by atoms with Crippen molar-refractivity contribution in [2.24, 2.45) is 0 Å². The zero-order valence-electron chi connectivity index (χ0n) is 14.1. The highest BCUT2D eigenvalue weighted by molar-refractivity contribution is 9.10. The van der Waals surface area contributed by atoms with E-state index in [9.17, 15) is 13.2 Å². The van der Waals surface area contributed by atoms with E-state index in [1.165, 1.54) is 16.4 Å². The fraction of sp³-hybridized carbons (Fsp3) is 0.211. The standard InChI is InChI=1S/C19H19BrN2O3S/c20-18-9-2-1-6-15(18)10-11-19(23)21-16-7-5-8-17(14-16)26(24,25)22-12-3-4-13-22/h1-2,5-11,14H,3-4,12-13H2,(H,21,23). The summed E-state index contributed by atoms with van der Waals surface area (Å²) in [6.07, 6.45) is 4.89. The predicted molar refractivity (Wildman–Crippen MR) is 106 cm³/mol. The van der Waals surface area contributed by atoms with Crippen molar-refractivity contribution >= 4 is 43.6 Å². The molecular weight excluding hydrogens is 416 g/mol. The van der Waals surface area contributed by atoms with Gasteiger partial charge in [-0.15, -0.1) is 0 Å². The Morgan fingerprint density at radius 2 is 1.81 bits per heavy atom. The molecule has 7 heteroatoms. The monoisotopic (exact) mass is 434 g/mol. The van der Waals surface area contributed by atoms with Crippen molar-refractivity contribution in [1.29, 1.82) is 0 Å². The van der Waals surface area contributed by atoms with Crippen LogP contribution >= 0.6 is 15.9 Å². The lowest BCUT2D eigenvalue weighted by atomic mass is 10.2. The number of rotatable bonds is 5. The molecular formula is C19H19BrN2O3S. The average molecular weight is 435 g/mol. The summed E-state index contributed by atoms with van der Waals surface area (Å²) in [4.78, 5) is 12.3. The summed E-state index contributed by atoms with van der Waals surface area (Å²) in [5.41, 5.74) is 1.33. The summed E-state index contributed by atoms with van der Waals surface area (Å²) >= 11 is 3.42. The number of hydrogen-bond donors (Lipinski definition) is 1. The van der Waals surface area contributed by atoms with E-state index in [-0.39, 0.29) is 10.8 Å². The molecule has 1 amide bonds. The van der Waals surface area contributed by atoms with Gasteiger partial charge in [0.05, 0.1) is 4.90 Å². The van der Waals surface area contributed by atoms with Gasteiger partial charge >= 0.3 is 0 Å². The third-order valence-electron chi connectivity index (χ3n) is 4.12. The first-order chi connectivity index (χ1) is 12.5. The summed E-state index contributed by atoms with van der Waals surface area (Å²) in [6.45, 7) is 1.10. The maximum Gasteiger partial charge on any atom is 0.248 e. The number of carbonyl (C=O) groups is 1. The number of nitrogens with one attached hydrogen (secondary N) is 1. The molecule has 136 valence electrons. The van der Waals surface area contributed by atoms with E-state index in [0.29, 0.717) is 18.8 Å². The van der Waals surface area contributed by atoms with Gasteiger partial charge in [-0.1, -0.05) is 40.2 Å². The summed E-state index contributed by atoms with van der Waals surface area (Å²) in [6, 6.07) is 13.9. The maximum absolute atomic E-state index is 12.6. The molecule has 3 rings (SSSR count). The van der Waals surface area contributed by atoms with E-state index in [4.69, 9.17) is 0 Å². The van der Waals surface area contributed by atoms with Gasteiger partial charge in [0.2, 0.25) is 15.9 Å². The lowest BCUT2D eigenvalue weighted by molar-refractivity contribution is -0.111. The smallest absolute Gasteiger partial charge is 0.248 e. The number of hydrogen-bond acceptors (Lipinski definition) is 3. The number of benzene rings is 2. The highest BCUT2D eigenvalue weighted by Gasteiger charge is 2.27. The second-order valence-corrected chi connectivity index (χ2v) is 8.78. The van der Waals surface area contributed by atoms with Crippen LogP contribution in [0.1, 0.15) is 18.4 Å². The lowest BCUT2D eigenvalue weighted by Gasteiger charge is -2.16. The molecule has 0 aromatic heterocycles. The van der Waals surface area contributed by atoms with Crippen molar-refractivity contribution in [3.63, 3.8) is 0 Å². The molecule has 1 heterocycles. The molecule has 0 unspecified atom stereocenters. The van der Waals surface area contributed by atoms with Crippen LogP contribution in [-0.4, -0.2) is 31.7 Å². The van der Waals surface area contributed by atoms with Gasteiger partial charge in [0.25, 0.3) is 0 Å². The van der Waals surface area contributed by atoms with Gasteiger partial charge < -0.3 is 5.32 Å². The van der Waals surface area contributed by atoms with E-state index >= 15 is 0 Å². The number of anilines is 1. The predicted octanol–water partition coefficient (Wildman–Crippen LogP) is 3.89. The molecule has 0 radical (unpaired) electrons. The Morgan fingerprint density at radius 1 is 1.08 bits per heavy atom. The van der Waals surface area contributed by atoms with Gasteiger partial charge in [-0.25, -0.2) is 8.42 Å². The Balaban J connectivity index is 1.72. The molecule has 5 nitrogen and oxygen atoms in total. The first-order valence-corrected chi connectivity index (χ1v) is 10.5. The summed E-state index contributed by atoms with van der Waals surface area (Å²) < 4.78 is 27.6. The van der Waals surface area contributed by atoms with E-state index in [1.54, 1.807) is 24.3 Å². The van der Waals surface area contributed by atoms with Gasteiger partial charge in [-0.05, 0) is 48.7 Å². The molecule has 0 bridgehead atoms. The van der Waals surface area contributed by atoms with E-state index < -0.39 is 10.0 Å². The summed E-state index contributed by atoms with van der Waals surface area (Å²) in [5.74, 6) is -0.323. The van der Waals surface area contributed by atoms with Crippen LogP contribution in [0.5, 0.6) is 0 Å². The van der Waals surface area contributed by atoms with Crippen molar-refractivity contribution in [3.8, 4) is 0 Å². The summed E-state index contributed by atoms with van der Waals surface area (Å²) in [7, 11) is -3.50. The van der Waals surface area contributed by atoms with Gasteiger partial charge in [-0.2, -0.15) is 4.31 Å². The van der Waals surface area contributed by atoms with Crippen molar-refractivity contribution in [3.05, 3.63) is 64.6 Å². The largest absolute Gasteiger partial charge is 0.322 e. The Morgan fingerprint density at radius 3 is 2.54 bits per heavy atom. The first kappa shape index (κ1) is 18.8. The van der Waals surface area contributed by atoms with Crippen LogP contribution in [0.15, 0.2) is 64.0 Å². The highest BCUT2D eigenvalue weighted by atomic mass is 79.9. The second-order valence-electron chi connectivity index (χ2n) is 5.98. The minimum atomic E-state index is -3.50. The van der Waals surface area contributed by atoms with Crippen LogP contribution in [0.25, 0.3) is 6.08 Å². The number of amides is 1. The molecule has 2 aromatic rings. The zero-order chi connectivity index (χ0) is 18.6. The molecule has 1 saturated heterocycles. The minimum absolute atomic E-state index is 0.201. The van der Waals surface area contributed by atoms with Crippen LogP contribution in [0, 0.1) is 0 Å². The van der Waals surface area contributed by atoms with E-state index in [0.717, 1.165) is 22.9 Å².